The second-order valence-corrected chi connectivity index (χ2v) is 4.10. The smallest absolute Gasteiger partial charge is 0.124 e. The highest BCUT2D eigenvalue weighted by molar-refractivity contribution is 7.97. The fourth-order valence-corrected chi connectivity index (χ4v) is 2.07. The second-order valence-electron chi connectivity index (χ2n) is 3.16. The van der Waals surface area contributed by atoms with Gasteiger partial charge in [-0.25, -0.2) is 4.98 Å². The van der Waals surface area contributed by atoms with Crippen LogP contribution in [0.2, 0.25) is 0 Å². The van der Waals surface area contributed by atoms with Crippen molar-refractivity contribution in [2.45, 2.75) is 11.8 Å². The first-order chi connectivity index (χ1) is 7.31. The molecule has 0 spiro atoms. The average molecular weight is 219 g/mol. The van der Waals surface area contributed by atoms with Crippen LogP contribution in [-0.2, 0) is 0 Å². The van der Waals surface area contributed by atoms with Crippen LogP contribution in [0.3, 0.4) is 0 Å². The molecule has 0 bridgehead atoms. The number of benzene rings is 1. The van der Waals surface area contributed by atoms with E-state index in [1.54, 1.807) is 11.9 Å². The fourth-order valence-electron chi connectivity index (χ4n) is 1.37. The SMILES string of the molecule is CCNSc1cccc2ccc(N)nc12. The standard InChI is InChI=1S/C11H13N3S/c1-2-13-15-9-5-3-4-8-6-7-10(12)14-11(8)9/h3-7,13H,2H2,1H3,(H2,12,14). The van der Waals surface area contributed by atoms with Crippen LogP contribution in [0, 0.1) is 0 Å². The highest BCUT2D eigenvalue weighted by atomic mass is 32.2. The maximum Gasteiger partial charge on any atom is 0.124 e. The van der Waals surface area contributed by atoms with E-state index >= 15 is 0 Å². The van der Waals surface area contributed by atoms with Crippen LogP contribution < -0.4 is 10.5 Å². The molecular weight excluding hydrogens is 206 g/mol. The molecule has 2 rings (SSSR count). The van der Waals surface area contributed by atoms with E-state index in [0.717, 1.165) is 22.3 Å². The van der Waals surface area contributed by atoms with Crippen LogP contribution in [0.4, 0.5) is 5.82 Å². The van der Waals surface area contributed by atoms with E-state index in [2.05, 4.69) is 16.6 Å². The van der Waals surface area contributed by atoms with Gasteiger partial charge < -0.3 is 5.73 Å². The number of nitrogens with zero attached hydrogens (tertiary/aromatic N) is 1. The summed E-state index contributed by atoms with van der Waals surface area (Å²) in [6.45, 7) is 2.99. The number of hydrogen-bond donors (Lipinski definition) is 2. The van der Waals surface area contributed by atoms with E-state index in [-0.39, 0.29) is 0 Å². The largest absolute Gasteiger partial charge is 0.384 e. The lowest BCUT2D eigenvalue weighted by Crippen LogP contribution is -2.01. The van der Waals surface area contributed by atoms with Crippen molar-refractivity contribution in [1.29, 1.82) is 0 Å². The summed E-state index contributed by atoms with van der Waals surface area (Å²) in [5.41, 5.74) is 6.64. The molecular formula is C11H13N3S. The number of aromatic nitrogens is 1. The van der Waals surface area contributed by atoms with Gasteiger partial charge in [0.2, 0.25) is 0 Å². The van der Waals surface area contributed by atoms with Gasteiger partial charge in [-0.3, -0.25) is 4.72 Å². The maximum atomic E-state index is 5.68. The van der Waals surface area contributed by atoms with Crippen LogP contribution in [0.25, 0.3) is 10.9 Å². The third-order valence-corrected chi connectivity index (χ3v) is 3.01. The zero-order chi connectivity index (χ0) is 10.7. The number of pyridine rings is 1. The van der Waals surface area contributed by atoms with Crippen molar-refractivity contribution in [1.82, 2.24) is 9.71 Å². The minimum Gasteiger partial charge on any atom is -0.384 e. The molecule has 0 aliphatic rings. The zero-order valence-corrected chi connectivity index (χ0v) is 9.34. The molecule has 0 radical (unpaired) electrons. The Labute approximate surface area is 93.2 Å². The molecule has 0 unspecified atom stereocenters. The molecule has 1 aromatic heterocycles. The van der Waals surface area contributed by atoms with Gasteiger partial charge in [-0.1, -0.05) is 19.1 Å². The molecule has 3 nitrogen and oxygen atoms in total. The van der Waals surface area contributed by atoms with E-state index in [4.69, 9.17) is 5.73 Å². The number of nitrogen functional groups attached to an aromatic ring is 1. The van der Waals surface area contributed by atoms with E-state index < -0.39 is 0 Å². The Hall–Kier alpha value is -1.26. The molecule has 0 amide bonds. The van der Waals surface area contributed by atoms with Gasteiger partial charge in [0.1, 0.15) is 5.82 Å². The van der Waals surface area contributed by atoms with Gasteiger partial charge in [0, 0.05) is 16.8 Å². The number of fused-ring (bicyclic) bond motifs is 1. The van der Waals surface area contributed by atoms with Gasteiger partial charge in [-0.2, -0.15) is 0 Å². The normalized spacial score (nSPS) is 10.7. The van der Waals surface area contributed by atoms with Crippen molar-refractivity contribution in [3.05, 3.63) is 30.3 Å². The Morgan fingerprint density at radius 3 is 3.00 bits per heavy atom. The third-order valence-electron chi connectivity index (χ3n) is 2.03. The zero-order valence-electron chi connectivity index (χ0n) is 8.53. The van der Waals surface area contributed by atoms with Crippen LogP contribution in [0.1, 0.15) is 6.92 Å². The third kappa shape index (κ3) is 2.22. The van der Waals surface area contributed by atoms with Gasteiger partial charge in [-0.15, -0.1) is 0 Å². The first kappa shape index (κ1) is 10.3. The van der Waals surface area contributed by atoms with Crippen LogP contribution in [0.5, 0.6) is 0 Å². The number of hydrogen-bond acceptors (Lipinski definition) is 4. The topological polar surface area (TPSA) is 50.9 Å². The highest BCUT2D eigenvalue weighted by Crippen LogP contribution is 2.24. The summed E-state index contributed by atoms with van der Waals surface area (Å²) >= 11 is 1.59. The molecule has 0 saturated heterocycles. The van der Waals surface area contributed by atoms with Crippen molar-refractivity contribution >= 4 is 28.7 Å². The van der Waals surface area contributed by atoms with E-state index in [0.29, 0.717) is 5.82 Å². The monoisotopic (exact) mass is 219 g/mol. The van der Waals surface area contributed by atoms with Crippen molar-refractivity contribution in [2.75, 3.05) is 12.3 Å². The van der Waals surface area contributed by atoms with Crippen molar-refractivity contribution < 1.29 is 0 Å². The van der Waals surface area contributed by atoms with Crippen molar-refractivity contribution in [3.63, 3.8) is 0 Å². The van der Waals surface area contributed by atoms with Gasteiger partial charge >= 0.3 is 0 Å². The number of rotatable bonds is 3. The van der Waals surface area contributed by atoms with Gasteiger partial charge in [0.15, 0.2) is 0 Å². The van der Waals surface area contributed by atoms with E-state index in [1.807, 2.05) is 30.3 Å². The molecule has 0 saturated carbocycles. The van der Waals surface area contributed by atoms with E-state index in [9.17, 15) is 0 Å². The molecule has 0 atom stereocenters. The summed E-state index contributed by atoms with van der Waals surface area (Å²) in [5, 5.41) is 1.12. The molecule has 78 valence electrons. The Kier molecular flexibility index (Phi) is 3.08. The summed E-state index contributed by atoms with van der Waals surface area (Å²) in [7, 11) is 0. The molecule has 0 fully saturated rings. The summed E-state index contributed by atoms with van der Waals surface area (Å²) in [6.07, 6.45) is 0. The predicted octanol–water partition coefficient (Wildman–Crippen LogP) is 2.43. The quantitative estimate of drug-likeness (QED) is 0.778. The Bertz CT molecular complexity index is 470. The van der Waals surface area contributed by atoms with E-state index in [1.165, 1.54) is 0 Å². The predicted molar refractivity (Wildman–Crippen MR) is 65.7 cm³/mol. The molecule has 4 heteroatoms. The lowest BCUT2D eigenvalue weighted by molar-refractivity contribution is 1.03. The van der Waals surface area contributed by atoms with Crippen LogP contribution in [-0.4, -0.2) is 11.5 Å². The molecule has 1 heterocycles. The van der Waals surface area contributed by atoms with Gasteiger partial charge in [0.25, 0.3) is 0 Å². The minimum absolute atomic E-state index is 0.562. The minimum atomic E-state index is 0.562. The highest BCUT2D eigenvalue weighted by Gasteiger charge is 2.02. The number of anilines is 1. The number of nitrogens with one attached hydrogen (secondary N) is 1. The Morgan fingerprint density at radius 2 is 2.20 bits per heavy atom. The van der Waals surface area contributed by atoms with Gasteiger partial charge in [-0.05, 0) is 30.1 Å². The van der Waals surface area contributed by atoms with Gasteiger partial charge in [0.05, 0.1) is 5.52 Å². The summed E-state index contributed by atoms with van der Waals surface area (Å²) in [6, 6.07) is 9.93. The Morgan fingerprint density at radius 1 is 1.33 bits per heavy atom. The first-order valence-electron chi connectivity index (χ1n) is 4.86. The fraction of sp³-hybridized carbons (Fsp3) is 0.182. The molecule has 1 aromatic carbocycles. The molecule has 2 aromatic rings. The summed E-state index contributed by atoms with van der Waals surface area (Å²) in [4.78, 5) is 5.46. The van der Waals surface area contributed by atoms with Crippen molar-refractivity contribution in [2.24, 2.45) is 0 Å². The van der Waals surface area contributed by atoms with Crippen LogP contribution >= 0.6 is 11.9 Å². The number of nitrogens with two attached hydrogens (primary N) is 1. The average Bonchev–Trinajstić information content (AvgIpc) is 2.26. The lowest BCUT2D eigenvalue weighted by Gasteiger charge is -2.05. The lowest BCUT2D eigenvalue weighted by atomic mass is 10.2. The molecule has 0 aliphatic heterocycles. The molecule has 3 N–H and O–H groups in total. The van der Waals surface area contributed by atoms with Crippen molar-refractivity contribution in [3.8, 4) is 0 Å². The summed E-state index contributed by atoms with van der Waals surface area (Å²) in [5.74, 6) is 0.562. The maximum absolute atomic E-state index is 5.68. The second kappa shape index (κ2) is 4.51. The van der Waals surface area contributed by atoms with Crippen LogP contribution in [0.15, 0.2) is 35.2 Å². The first-order valence-corrected chi connectivity index (χ1v) is 5.68. The summed E-state index contributed by atoms with van der Waals surface area (Å²) < 4.78 is 3.21. The number of para-hydroxylation sites is 1. The molecule has 15 heavy (non-hydrogen) atoms. The Balaban J connectivity index is 2.48. The molecule has 0 aliphatic carbocycles.